The van der Waals surface area contributed by atoms with Crippen molar-refractivity contribution < 1.29 is 4.79 Å². The minimum absolute atomic E-state index is 0.0202. The van der Waals surface area contributed by atoms with Crippen molar-refractivity contribution in [2.75, 3.05) is 5.75 Å². The summed E-state index contributed by atoms with van der Waals surface area (Å²) in [6.45, 7) is 0. The van der Waals surface area contributed by atoms with E-state index in [-0.39, 0.29) is 11.9 Å². The Morgan fingerprint density at radius 1 is 1.38 bits per heavy atom. The summed E-state index contributed by atoms with van der Waals surface area (Å²) in [5, 5.41) is 3.74. The molecule has 0 spiro atoms. The van der Waals surface area contributed by atoms with Gasteiger partial charge in [-0.15, -0.1) is 11.8 Å². The summed E-state index contributed by atoms with van der Waals surface area (Å²) >= 11 is 11.1. The molecule has 1 aliphatic rings. The van der Waals surface area contributed by atoms with Gasteiger partial charge in [-0.3, -0.25) is 4.79 Å². The first-order chi connectivity index (χ1) is 10.1. The highest BCUT2D eigenvalue weighted by Gasteiger charge is 2.23. The van der Waals surface area contributed by atoms with Crippen LogP contribution in [0.3, 0.4) is 0 Å². The van der Waals surface area contributed by atoms with Crippen LogP contribution in [0.15, 0.2) is 45.9 Å². The highest BCUT2D eigenvalue weighted by molar-refractivity contribution is 9.10. The lowest BCUT2D eigenvalue weighted by molar-refractivity contribution is 0.0929. The molecule has 1 aliphatic heterocycles. The molecule has 3 nitrogen and oxygen atoms in total. The van der Waals surface area contributed by atoms with Crippen molar-refractivity contribution in [3.8, 4) is 0 Å². The van der Waals surface area contributed by atoms with Gasteiger partial charge in [-0.05, 0) is 58.2 Å². The topological polar surface area (TPSA) is 42.0 Å². The van der Waals surface area contributed by atoms with Crippen LogP contribution < -0.4 is 5.32 Å². The molecule has 1 unspecified atom stereocenters. The normalized spacial score (nSPS) is 17.1. The number of hydrogen-bond acceptors (Lipinski definition) is 3. The van der Waals surface area contributed by atoms with E-state index in [4.69, 9.17) is 11.6 Å². The van der Waals surface area contributed by atoms with Crippen LogP contribution in [0.2, 0.25) is 5.02 Å². The Balaban J connectivity index is 1.83. The number of thioether (sulfide) groups is 1. The Morgan fingerprint density at radius 3 is 3.05 bits per heavy atom. The van der Waals surface area contributed by atoms with Crippen LogP contribution >= 0.6 is 39.3 Å². The van der Waals surface area contributed by atoms with E-state index in [1.54, 1.807) is 30.0 Å². The number of fused-ring (bicyclic) bond motifs is 1. The second kappa shape index (κ2) is 6.38. The standard InChI is InChI=1S/C15H12BrClN2OS/c16-14-3-1-2-12(18-14)15(20)19-11-6-7-21-13-5-4-9(17)8-10(11)13/h1-5,8,11H,6-7H2,(H,19,20). The maximum absolute atomic E-state index is 12.3. The van der Waals surface area contributed by atoms with Crippen molar-refractivity contribution >= 4 is 45.2 Å². The van der Waals surface area contributed by atoms with E-state index >= 15 is 0 Å². The van der Waals surface area contributed by atoms with Gasteiger partial charge in [0.1, 0.15) is 10.3 Å². The van der Waals surface area contributed by atoms with Gasteiger partial charge in [0.05, 0.1) is 6.04 Å². The third-order valence-corrected chi connectivity index (χ3v) is 5.06. The van der Waals surface area contributed by atoms with Crippen molar-refractivity contribution in [2.45, 2.75) is 17.4 Å². The molecule has 0 aliphatic carbocycles. The van der Waals surface area contributed by atoms with E-state index in [1.165, 1.54) is 4.90 Å². The fourth-order valence-electron chi connectivity index (χ4n) is 2.28. The van der Waals surface area contributed by atoms with Gasteiger partial charge in [-0.25, -0.2) is 4.98 Å². The lowest BCUT2D eigenvalue weighted by Crippen LogP contribution is -2.31. The van der Waals surface area contributed by atoms with Crippen LogP contribution in [0, 0.1) is 0 Å². The molecule has 0 radical (unpaired) electrons. The smallest absolute Gasteiger partial charge is 0.270 e. The molecule has 6 heteroatoms. The molecule has 1 N–H and O–H groups in total. The summed E-state index contributed by atoms with van der Waals surface area (Å²) in [5.41, 5.74) is 1.49. The van der Waals surface area contributed by atoms with Gasteiger partial charge in [0, 0.05) is 15.7 Å². The Labute approximate surface area is 140 Å². The van der Waals surface area contributed by atoms with Crippen molar-refractivity contribution in [3.05, 3.63) is 57.3 Å². The first-order valence-electron chi connectivity index (χ1n) is 6.49. The van der Waals surface area contributed by atoms with Crippen LogP contribution in [0.25, 0.3) is 0 Å². The number of rotatable bonds is 2. The summed E-state index contributed by atoms with van der Waals surface area (Å²) in [7, 11) is 0. The molecular weight excluding hydrogens is 372 g/mol. The van der Waals surface area contributed by atoms with E-state index in [1.807, 2.05) is 18.2 Å². The molecule has 21 heavy (non-hydrogen) atoms. The van der Waals surface area contributed by atoms with Crippen molar-refractivity contribution in [3.63, 3.8) is 0 Å². The minimum Gasteiger partial charge on any atom is -0.344 e. The van der Waals surface area contributed by atoms with Gasteiger partial charge in [0.2, 0.25) is 0 Å². The predicted octanol–water partition coefficient (Wildman–Crippen LogP) is 4.46. The van der Waals surface area contributed by atoms with Crippen molar-refractivity contribution in [1.82, 2.24) is 10.3 Å². The second-order valence-electron chi connectivity index (χ2n) is 4.69. The first-order valence-corrected chi connectivity index (χ1v) is 8.65. The minimum atomic E-state index is -0.167. The number of nitrogens with one attached hydrogen (secondary N) is 1. The number of carbonyl (C=O) groups excluding carboxylic acids is 1. The number of aromatic nitrogens is 1. The summed E-state index contributed by atoms with van der Waals surface area (Å²) in [6.07, 6.45) is 0.887. The van der Waals surface area contributed by atoms with E-state index in [0.717, 1.165) is 17.7 Å². The molecule has 0 bridgehead atoms. The van der Waals surface area contributed by atoms with Gasteiger partial charge in [0.15, 0.2) is 0 Å². The molecule has 1 aromatic carbocycles. The van der Waals surface area contributed by atoms with Crippen molar-refractivity contribution in [2.24, 2.45) is 0 Å². The number of nitrogens with zero attached hydrogens (tertiary/aromatic N) is 1. The third kappa shape index (κ3) is 3.42. The zero-order chi connectivity index (χ0) is 14.8. The van der Waals surface area contributed by atoms with Gasteiger partial charge < -0.3 is 5.32 Å². The summed E-state index contributed by atoms with van der Waals surface area (Å²) < 4.78 is 0.651. The first kappa shape index (κ1) is 14.9. The molecule has 1 amide bonds. The van der Waals surface area contributed by atoms with E-state index in [2.05, 4.69) is 26.2 Å². The predicted molar refractivity (Wildman–Crippen MR) is 88.9 cm³/mol. The molecule has 0 saturated carbocycles. The van der Waals surface area contributed by atoms with Crippen LogP contribution in [-0.4, -0.2) is 16.6 Å². The Bertz CT molecular complexity index is 695. The Hall–Kier alpha value is -1.04. The zero-order valence-corrected chi connectivity index (χ0v) is 14.1. The summed E-state index contributed by atoms with van der Waals surface area (Å²) in [6, 6.07) is 11.1. The fourth-order valence-corrected chi connectivity index (χ4v) is 3.91. The van der Waals surface area contributed by atoms with Gasteiger partial charge in [0.25, 0.3) is 5.91 Å². The quantitative estimate of drug-likeness (QED) is 0.778. The largest absolute Gasteiger partial charge is 0.344 e. The van der Waals surface area contributed by atoms with Gasteiger partial charge in [-0.2, -0.15) is 0 Å². The second-order valence-corrected chi connectivity index (χ2v) is 7.08. The number of benzene rings is 1. The third-order valence-electron chi connectivity index (χ3n) is 3.26. The van der Waals surface area contributed by atoms with E-state index in [0.29, 0.717) is 15.3 Å². The van der Waals surface area contributed by atoms with Crippen LogP contribution in [0.5, 0.6) is 0 Å². The SMILES string of the molecule is O=C(NC1CCSc2ccc(Cl)cc21)c1cccc(Br)n1. The number of amides is 1. The number of hydrogen-bond donors (Lipinski definition) is 1. The Morgan fingerprint density at radius 2 is 2.24 bits per heavy atom. The molecule has 2 heterocycles. The van der Waals surface area contributed by atoms with E-state index in [9.17, 15) is 4.79 Å². The van der Waals surface area contributed by atoms with Crippen LogP contribution in [0.4, 0.5) is 0 Å². The fraction of sp³-hybridized carbons (Fsp3) is 0.200. The molecular formula is C15H12BrClN2OS. The average molecular weight is 384 g/mol. The molecule has 3 rings (SSSR count). The molecule has 0 fully saturated rings. The summed E-state index contributed by atoms with van der Waals surface area (Å²) in [4.78, 5) is 17.7. The van der Waals surface area contributed by atoms with Gasteiger partial charge in [-0.1, -0.05) is 17.7 Å². The number of carbonyl (C=O) groups is 1. The lowest BCUT2D eigenvalue weighted by Gasteiger charge is -2.26. The molecule has 2 aromatic rings. The molecule has 0 saturated heterocycles. The lowest BCUT2D eigenvalue weighted by atomic mass is 10.0. The molecule has 1 aromatic heterocycles. The van der Waals surface area contributed by atoms with Crippen LogP contribution in [-0.2, 0) is 0 Å². The molecule has 108 valence electrons. The highest BCUT2D eigenvalue weighted by atomic mass is 79.9. The maximum atomic E-state index is 12.3. The average Bonchev–Trinajstić information content (AvgIpc) is 2.48. The highest BCUT2D eigenvalue weighted by Crippen LogP contribution is 2.37. The number of pyridine rings is 1. The van der Waals surface area contributed by atoms with E-state index < -0.39 is 0 Å². The van der Waals surface area contributed by atoms with Gasteiger partial charge >= 0.3 is 0 Å². The van der Waals surface area contributed by atoms with Crippen LogP contribution in [0.1, 0.15) is 28.5 Å². The number of halogens is 2. The summed E-state index contributed by atoms with van der Waals surface area (Å²) in [5.74, 6) is 0.810. The Kier molecular flexibility index (Phi) is 4.52. The van der Waals surface area contributed by atoms with Crippen molar-refractivity contribution in [1.29, 1.82) is 0 Å². The monoisotopic (exact) mass is 382 g/mol. The zero-order valence-electron chi connectivity index (χ0n) is 11.0. The maximum Gasteiger partial charge on any atom is 0.270 e. The molecule has 1 atom stereocenters.